The number of nitrogens with zero attached hydrogens (tertiary/aromatic N) is 4. The summed E-state index contributed by atoms with van der Waals surface area (Å²) < 4.78 is 2.35. The average molecular weight is 759 g/mol. The Kier molecular flexibility index (Phi) is 8.23. The van der Waals surface area contributed by atoms with Gasteiger partial charge in [-0.1, -0.05) is 103 Å². The first-order valence-electron chi connectivity index (χ1n) is 19.9. The third-order valence-electron chi connectivity index (χ3n) is 11.3. The molecule has 11 rings (SSSR count). The van der Waals surface area contributed by atoms with Gasteiger partial charge in [0.2, 0.25) is 0 Å². The average Bonchev–Trinajstić information content (AvgIpc) is 3.63. The Morgan fingerprint density at radius 2 is 0.797 bits per heavy atom. The maximum atomic E-state index is 10.4. The minimum absolute atomic E-state index is 0.226. The van der Waals surface area contributed by atoms with Gasteiger partial charge in [0.15, 0.2) is 0 Å². The van der Waals surface area contributed by atoms with Crippen LogP contribution in [0, 0.1) is 0 Å². The first-order valence-corrected chi connectivity index (χ1v) is 19.9. The van der Waals surface area contributed by atoms with Gasteiger partial charge in [-0.3, -0.25) is 0 Å². The number of phenolic OH excluding ortho intramolecular Hbond substituents is 1. The van der Waals surface area contributed by atoms with Gasteiger partial charge < -0.3 is 24.4 Å². The van der Waals surface area contributed by atoms with E-state index in [1.165, 1.54) is 21.8 Å². The molecule has 0 saturated heterocycles. The number of aromatic hydroxyl groups is 1. The predicted octanol–water partition coefficient (Wildman–Crippen LogP) is 14.9. The lowest BCUT2D eigenvalue weighted by atomic mass is 10.0. The number of hydrogen-bond acceptors (Lipinski definition) is 4. The van der Waals surface area contributed by atoms with E-state index in [2.05, 4.69) is 219 Å². The molecule has 1 aliphatic rings. The van der Waals surface area contributed by atoms with Gasteiger partial charge in [0, 0.05) is 44.9 Å². The van der Waals surface area contributed by atoms with Crippen molar-refractivity contribution in [2.24, 2.45) is 0 Å². The van der Waals surface area contributed by atoms with Crippen LogP contribution in [0.4, 0.5) is 51.2 Å². The molecule has 10 aromatic rings. The number of para-hydroxylation sites is 6. The molecule has 280 valence electrons. The largest absolute Gasteiger partial charge is 0.508 e. The Labute approximate surface area is 343 Å². The van der Waals surface area contributed by atoms with E-state index in [-0.39, 0.29) is 5.75 Å². The molecule has 0 bridgehead atoms. The normalized spacial score (nSPS) is 12.1. The Morgan fingerprint density at radius 3 is 1.44 bits per heavy atom. The Bertz CT molecular complexity index is 3110. The molecule has 0 saturated carbocycles. The van der Waals surface area contributed by atoms with Crippen LogP contribution in [-0.4, -0.2) is 9.67 Å². The van der Waals surface area contributed by atoms with E-state index < -0.39 is 0 Å². The molecule has 1 aliphatic heterocycles. The number of benzene rings is 9. The van der Waals surface area contributed by atoms with Gasteiger partial charge in [-0.15, -0.1) is 0 Å². The van der Waals surface area contributed by atoms with Gasteiger partial charge in [0.25, 0.3) is 0 Å². The van der Waals surface area contributed by atoms with Gasteiger partial charge in [0.1, 0.15) is 5.75 Å². The molecule has 1 aromatic heterocycles. The topological polar surface area (TPSA) is 34.9 Å². The lowest BCUT2D eigenvalue weighted by Crippen LogP contribution is -2.24. The molecular weight excluding hydrogens is 721 g/mol. The van der Waals surface area contributed by atoms with Gasteiger partial charge in [-0.25, -0.2) is 0 Å². The van der Waals surface area contributed by atoms with E-state index in [4.69, 9.17) is 0 Å². The molecule has 0 atom stereocenters. The molecule has 0 amide bonds. The van der Waals surface area contributed by atoms with Gasteiger partial charge in [-0.05, 0) is 132 Å². The van der Waals surface area contributed by atoms with Crippen molar-refractivity contribution in [1.29, 1.82) is 0 Å². The summed E-state index contributed by atoms with van der Waals surface area (Å²) in [7, 11) is 0. The first-order chi connectivity index (χ1) is 29.2. The van der Waals surface area contributed by atoms with Crippen LogP contribution in [0.5, 0.6) is 5.75 Å². The van der Waals surface area contributed by atoms with Gasteiger partial charge in [-0.2, -0.15) is 0 Å². The van der Waals surface area contributed by atoms with Crippen molar-refractivity contribution >= 4 is 73.0 Å². The summed E-state index contributed by atoms with van der Waals surface area (Å²) >= 11 is 0. The van der Waals surface area contributed by atoms with Crippen LogP contribution in [0.1, 0.15) is 0 Å². The number of aromatic nitrogens is 1. The van der Waals surface area contributed by atoms with Gasteiger partial charge in [0.05, 0.1) is 33.8 Å². The molecule has 0 unspecified atom stereocenters. The second-order valence-corrected chi connectivity index (χ2v) is 14.8. The molecular formula is C54H38N4O. The molecule has 0 aliphatic carbocycles. The minimum atomic E-state index is 0.226. The third kappa shape index (κ3) is 5.87. The third-order valence-corrected chi connectivity index (χ3v) is 11.3. The van der Waals surface area contributed by atoms with E-state index in [1.54, 1.807) is 12.1 Å². The minimum Gasteiger partial charge on any atom is -0.508 e. The van der Waals surface area contributed by atoms with Crippen LogP contribution >= 0.6 is 0 Å². The Balaban J connectivity index is 1.04. The second kappa shape index (κ2) is 14.2. The summed E-state index contributed by atoms with van der Waals surface area (Å²) in [5.74, 6) is 0.226. The van der Waals surface area contributed by atoms with E-state index in [9.17, 15) is 5.11 Å². The number of phenols is 1. The highest BCUT2D eigenvalue weighted by molar-refractivity contribution is 6.10. The van der Waals surface area contributed by atoms with Gasteiger partial charge >= 0.3 is 0 Å². The van der Waals surface area contributed by atoms with Crippen molar-refractivity contribution in [2.45, 2.75) is 0 Å². The summed E-state index contributed by atoms with van der Waals surface area (Å²) in [5, 5.41) is 12.8. The maximum Gasteiger partial charge on any atom is 0.115 e. The Morgan fingerprint density at radius 1 is 0.322 bits per heavy atom. The summed E-state index contributed by atoms with van der Waals surface area (Å²) in [6, 6.07) is 78.7. The monoisotopic (exact) mass is 758 g/mol. The zero-order valence-electron chi connectivity index (χ0n) is 32.1. The zero-order chi connectivity index (χ0) is 39.3. The number of rotatable bonds is 7. The van der Waals surface area contributed by atoms with Crippen LogP contribution in [-0.2, 0) is 0 Å². The molecule has 0 radical (unpaired) electrons. The van der Waals surface area contributed by atoms with Crippen LogP contribution in [0.15, 0.2) is 224 Å². The zero-order valence-corrected chi connectivity index (χ0v) is 32.1. The molecule has 5 nitrogen and oxygen atoms in total. The molecule has 1 N–H and O–H groups in total. The fourth-order valence-corrected chi connectivity index (χ4v) is 8.69. The molecule has 5 heteroatoms. The summed E-state index contributed by atoms with van der Waals surface area (Å²) in [5.41, 5.74) is 15.3. The molecule has 0 fully saturated rings. The van der Waals surface area contributed by atoms with Crippen LogP contribution < -0.4 is 14.7 Å². The first kappa shape index (κ1) is 34.2. The van der Waals surface area contributed by atoms with Crippen LogP contribution in [0.2, 0.25) is 0 Å². The molecule has 59 heavy (non-hydrogen) atoms. The fraction of sp³-hybridized carbons (Fsp3) is 0. The quantitative estimate of drug-likeness (QED) is 0.176. The SMILES string of the molecule is Oc1ccc(N(c2ccc(-c3ccc4c(c3)c3ccccc3n4-c3ccccc3)cc2)c2ccc3c(c2)N(c2ccccc2)c2ccccc2N3c2ccccc2)cc1. The van der Waals surface area contributed by atoms with Crippen molar-refractivity contribution in [3.05, 3.63) is 224 Å². The van der Waals surface area contributed by atoms with Crippen molar-refractivity contribution in [2.75, 3.05) is 14.7 Å². The lowest BCUT2D eigenvalue weighted by Gasteiger charge is -2.41. The predicted molar refractivity (Wildman–Crippen MR) is 245 cm³/mol. The highest BCUT2D eigenvalue weighted by Gasteiger charge is 2.31. The standard InChI is InChI=1S/C54H38N4O/c59-46-32-29-44(30-33-46)55(43-27-24-38(25-28-43)39-26-34-50-48(36-39)47-20-10-11-21-49(47)56(50)40-14-4-1-5-15-40)45-31-35-53-54(37-45)58(42-18-8-3-9-19-42)52-23-13-12-22-51(52)57(53)41-16-6-2-7-17-41/h1-37,59H. The summed E-state index contributed by atoms with van der Waals surface area (Å²) in [4.78, 5) is 6.97. The number of hydrogen-bond donors (Lipinski definition) is 1. The fourth-order valence-electron chi connectivity index (χ4n) is 8.69. The lowest BCUT2D eigenvalue weighted by molar-refractivity contribution is 0.475. The van der Waals surface area contributed by atoms with Crippen molar-refractivity contribution in [3.63, 3.8) is 0 Å². The van der Waals surface area contributed by atoms with Crippen molar-refractivity contribution in [1.82, 2.24) is 4.57 Å². The Hall–Kier alpha value is -8.02. The smallest absolute Gasteiger partial charge is 0.115 e. The summed E-state index contributed by atoms with van der Waals surface area (Å²) in [6.07, 6.45) is 0. The highest BCUT2D eigenvalue weighted by Crippen LogP contribution is 2.55. The van der Waals surface area contributed by atoms with Crippen LogP contribution in [0.25, 0.3) is 38.6 Å². The van der Waals surface area contributed by atoms with E-state index in [0.717, 1.165) is 68.0 Å². The van der Waals surface area contributed by atoms with E-state index in [0.29, 0.717) is 0 Å². The van der Waals surface area contributed by atoms with Crippen molar-refractivity contribution in [3.8, 4) is 22.6 Å². The van der Waals surface area contributed by atoms with E-state index >= 15 is 0 Å². The number of fused-ring (bicyclic) bond motifs is 5. The second-order valence-electron chi connectivity index (χ2n) is 14.8. The highest BCUT2D eigenvalue weighted by atomic mass is 16.3. The summed E-state index contributed by atoms with van der Waals surface area (Å²) in [6.45, 7) is 0. The number of anilines is 9. The molecule has 2 heterocycles. The molecule has 0 spiro atoms. The van der Waals surface area contributed by atoms with Crippen LogP contribution in [0.3, 0.4) is 0 Å². The maximum absolute atomic E-state index is 10.4. The van der Waals surface area contributed by atoms with E-state index in [1.807, 2.05) is 12.1 Å². The van der Waals surface area contributed by atoms with Crippen molar-refractivity contribution < 1.29 is 5.11 Å². The molecule has 9 aromatic carbocycles.